The van der Waals surface area contributed by atoms with E-state index < -0.39 is 20.5 Å². The van der Waals surface area contributed by atoms with Crippen LogP contribution in [0.5, 0.6) is 17.2 Å². The molecule has 0 unspecified atom stereocenters. The lowest BCUT2D eigenvalue weighted by Crippen LogP contribution is -2.07. The van der Waals surface area contributed by atoms with Crippen LogP contribution in [0.1, 0.15) is 11.1 Å². The van der Waals surface area contributed by atoms with Crippen LogP contribution >= 0.6 is 23.2 Å². The highest BCUT2D eigenvalue weighted by Crippen LogP contribution is 2.39. The maximum absolute atomic E-state index is 12.7. The number of rotatable bonds is 7. The summed E-state index contributed by atoms with van der Waals surface area (Å²) in [6.45, 7) is 0. The Bertz CT molecular complexity index is 1030. The Morgan fingerprint density at radius 1 is 1.07 bits per heavy atom. The van der Waals surface area contributed by atoms with Crippen molar-refractivity contribution in [1.82, 2.24) is 0 Å². The van der Waals surface area contributed by atoms with E-state index in [1.54, 1.807) is 18.2 Å². The van der Waals surface area contributed by atoms with Crippen LogP contribution in [-0.4, -0.2) is 29.7 Å². The van der Waals surface area contributed by atoms with Crippen molar-refractivity contribution < 1.29 is 22.6 Å². The molecule has 0 fully saturated rings. The van der Waals surface area contributed by atoms with Gasteiger partial charge in [-0.05, 0) is 41.5 Å². The van der Waals surface area contributed by atoms with E-state index in [9.17, 15) is 13.7 Å². The molecular formula is C19H17Cl2NO5S. The summed E-state index contributed by atoms with van der Waals surface area (Å²) in [5.74, 6) is 0.593. The smallest absolute Gasteiger partial charge is 0.203 e. The Balaban J connectivity index is 2.49. The molecule has 2 aromatic rings. The van der Waals surface area contributed by atoms with Crippen LogP contribution in [0, 0.1) is 11.3 Å². The van der Waals surface area contributed by atoms with Gasteiger partial charge in [-0.3, -0.25) is 0 Å². The second-order valence-electron chi connectivity index (χ2n) is 5.57. The number of methoxy groups -OCH3 is 3. The highest BCUT2D eigenvalue weighted by Gasteiger charge is 2.21. The summed E-state index contributed by atoms with van der Waals surface area (Å²) in [5, 5.41) is 10.0. The Morgan fingerprint density at radius 3 is 2.14 bits per heavy atom. The van der Waals surface area contributed by atoms with Crippen LogP contribution in [-0.2, 0) is 15.6 Å². The lowest BCUT2D eigenvalue weighted by Gasteiger charge is -2.13. The number of halogens is 2. The van der Waals surface area contributed by atoms with E-state index >= 15 is 0 Å². The molecule has 0 aliphatic rings. The van der Waals surface area contributed by atoms with Crippen LogP contribution in [0.25, 0.3) is 6.08 Å². The van der Waals surface area contributed by atoms with Gasteiger partial charge in [0.15, 0.2) is 21.3 Å². The Hall–Kier alpha value is -2.40. The average molecular weight is 442 g/mol. The number of allylic oxidation sites excluding steroid dienone is 1. The van der Waals surface area contributed by atoms with Crippen molar-refractivity contribution in [2.45, 2.75) is 5.75 Å². The van der Waals surface area contributed by atoms with Gasteiger partial charge in [-0.25, -0.2) is 8.42 Å². The van der Waals surface area contributed by atoms with Gasteiger partial charge in [-0.15, -0.1) is 0 Å². The molecule has 0 radical (unpaired) electrons. The van der Waals surface area contributed by atoms with Gasteiger partial charge in [0.25, 0.3) is 0 Å². The predicted octanol–water partition coefficient (Wildman–Crippen LogP) is 4.50. The third-order valence-corrected chi connectivity index (χ3v) is 5.95. The van der Waals surface area contributed by atoms with E-state index in [0.29, 0.717) is 33.4 Å². The Kier molecular flexibility index (Phi) is 7.19. The maximum atomic E-state index is 12.7. The topological polar surface area (TPSA) is 85.6 Å². The molecule has 2 aromatic carbocycles. The summed E-state index contributed by atoms with van der Waals surface area (Å²) in [5.41, 5.74) is 0.744. The number of nitriles is 1. The number of hydrogen-bond acceptors (Lipinski definition) is 6. The van der Waals surface area contributed by atoms with Crippen molar-refractivity contribution in [3.05, 3.63) is 56.4 Å². The highest BCUT2D eigenvalue weighted by molar-refractivity contribution is 7.95. The normalized spacial score (nSPS) is 11.6. The number of ether oxygens (including phenoxy) is 3. The van der Waals surface area contributed by atoms with Gasteiger partial charge in [0.1, 0.15) is 11.0 Å². The summed E-state index contributed by atoms with van der Waals surface area (Å²) in [7, 11) is 0.380. The summed E-state index contributed by atoms with van der Waals surface area (Å²) < 4.78 is 41.2. The molecule has 0 spiro atoms. The molecule has 6 nitrogen and oxygen atoms in total. The van der Waals surface area contributed by atoms with Gasteiger partial charge in [0, 0.05) is 10.0 Å². The molecule has 0 atom stereocenters. The number of sulfone groups is 1. The molecule has 0 amide bonds. The zero-order valence-electron chi connectivity index (χ0n) is 15.3. The zero-order valence-corrected chi connectivity index (χ0v) is 17.7. The molecule has 0 aromatic heterocycles. The summed E-state index contributed by atoms with van der Waals surface area (Å²) in [6, 6.07) is 9.32. The molecule has 28 heavy (non-hydrogen) atoms. The van der Waals surface area contributed by atoms with Gasteiger partial charge < -0.3 is 14.2 Å². The van der Waals surface area contributed by atoms with E-state index in [4.69, 9.17) is 37.4 Å². The van der Waals surface area contributed by atoms with Crippen LogP contribution in [0.15, 0.2) is 35.2 Å². The van der Waals surface area contributed by atoms with Crippen molar-refractivity contribution in [3.63, 3.8) is 0 Å². The first kappa shape index (κ1) is 21.9. The highest BCUT2D eigenvalue weighted by atomic mass is 35.5. The van der Waals surface area contributed by atoms with Crippen molar-refractivity contribution in [1.29, 1.82) is 5.26 Å². The van der Waals surface area contributed by atoms with E-state index in [-0.39, 0.29) is 5.02 Å². The van der Waals surface area contributed by atoms with Crippen LogP contribution in [0.3, 0.4) is 0 Å². The van der Waals surface area contributed by atoms with Gasteiger partial charge >= 0.3 is 0 Å². The molecule has 0 saturated heterocycles. The molecule has 0 heterocycles. The van der Waals surface area contributed by atoms with Gasteiger partial charge in [0.05, 0.1) is 27.1 Å². The van der Waals surface area contributed by atoms with E-state index in [0.717, 1.165) is 0 Å². The Morgan fingerprint density at radius 2 is 1.68 bits per heavy atom. The fraction of sp³-hybridized carbons (Fsp3) is 0.211. The van der Waals surface area contributed by atoms with Crippen molar-refractivity contribution in [2.75, 3.05) is 21.3 Å². The van der Waals surface area contributed by atoms with Crippen LogP contribution < -0.4 is 14.2 Å². The third-order valence-electron chi connectivity index (χ3n) is 3.79. The largest absolute Gasteiger partial charge is 0.493 e. The van der Waals surface area contributed by atoms with Gasteiger partial charge in [-0.1, -0.05) is 29.3 Å². The minimum atomic E-state index is -3.95. The second-order valence-corrected chi connectivity index (χ2v) is 8.38. The van der Waals surface area contributed by atoms with Crippen molar-refractivity contribution in [2.24, 2.45) is 0 Å². The summed E-state index contributed by atoms with van der Waals surface area (Å²) in [6.07, 6.45) is 1.24. The predicted molar refractivity (Wildman–Crippen MR) is 109 cm³/mol. The molecule has 0 aliphatic carbocycles. The first-order valence-corrected chi connectivity index (χ1v) is 10.2. The minimum Gasteiger partial charge on any atom is -0.493 e. The molecule has 0 N–H and O–H groups in total. The van der Waals surface area contributed by atoms with Gasteiger partial charge in [-0.2, -0.15) is 5.26 Å². The number of nitrogens with zero attached hydrogens (tertiary/aromatic N) is 1. The monoisotopic (exact) mass is 441 g/mol. The lowest BCUT2D eigenvalue weighted by atomic mass is 10.1. The van der Waals surface area contributed by atoms with E-state index in [1.807, 2.05) is 0 Å². The first-order chi connectivity index (χ1) is 13.2. The minimum absolute atomic E-state index is 0.209. The van der Waals surface area contributed by atoms with Crippen LogP contribution in [0.4, 0.5) is 0 Å². The SMILES string of the molecule is COc1cc(C=C(C#N)S(=O)(=O)Cc2ccc(Cl)cc2Cl)cc(OC)c1OC. The summed E-state index contributed by atoms with van der Waals surface area (Å²) in [4.78, 5) is -0.423. The first-order valence-electron chi connectivity index (χ1n) is 7.84. The standard InChI is InChI=1S/C19H17Cl2NO5S/c1-25-17-7-12(8-18(26-2)19(17)27-3)6-15(10-22)28(23,24)11-13-4-5-14(20)9-16(13)21/h4-9H,11H2,1-3H3. The summed E-state index contributed by atoms with van der Waals surface area (Å²) >= 11 is 11.9. The zero-order chi connectivity index (χ0) is 20.9. The molecular weight excluding hydrogens is 425 g/mol. The van der Waals surface area contributed by atoms with E-state index in [1.165, 1.54) is 45.6 Å². The molecule has 9 heteroatoms. The quantitative estimate of drug-likeness (QED) is 0.587. The van der Waals surface area contributed by atoms with Crippen LogP contribution in [0.2, 0.25) is 10.0 Å². The van der Waals surface area contributed by atoms with Crippen molar-refractivity contribution >= 4 is 39.1 Å². The van der Waals surface area contributed by atoms with Crippen molar-refractivity contribution in [3.8, 4) is 23.3 Å². The maximum Gasteiger partial charge on any atom is 0.203 e. The molecule has 148 valence electrons. The molecule has 0 saturated carbocycles. The third kappa shape index (κ3) is 4.90. The van der Waals surface area contributed by atoms with Gasteiger partial charge in [0.2, 0.25) is 5.75 Å². The number of benzene rings is 2. The molecule has 0 bridgehead atoms. The molecule has 2 rings (SSSR count). The average Bonchev–Trinajstić information content (AvgIpc) is 2.67. The van der Waals surface area contributed by atoms with E-state index in [2.05, 4.69) is 0 Å². The number of hydrogen-bond donors (Lipinski definition) is 0. The fourth-order valence-electron chi connectivity index (χ4n) is 2.45. The lowest BCUT2D eigenvalue weighted by molar-refractivity contribution is 0.324. The second kappa shape index (κ2) is 9.20. The fourth-order valence-corrected chi connectivity index (χ4v) is 4.27. The Labute approximate surface area is 173 Å². The molecule has 0 aliphatic heterocycles.